The molecule has 1 atom stereocenters. The van der Waals surface area contributed by atoms with Gasteiger partial charge in [0.05, 0.1) is 44.9 Å². The minimum Gasteiger partial charge on any atom is -0.444 e. The predicted octanol–water partition coefficient (Wildman–Crippen LogP) is 6.35. The lowest BCUT2D eigenvalue weighted by Gasteiger charge is -2.34. The molecule has 1 saturated heterocycles. The van der Waals surface area contributed by atoms with Crippen molar-refractivity contribution in [2.75, 3.05) is 18.4 Å². The lowest BCUT2D eigenvalue weighted by atomic mass is 9.87. The Bertz CT molecular complexity index is 1490. The van der Waals surface area contributed by atoms with E-state index >= 15 is 4.39 Å². The summed E-state index contributed by atoms with van der Waals surface area (Å²) in [4.78, 5) is 30.7. The molecule has 0 saturated carbocycles. The van der Waals surface area contributed by atoms with E-state index in [1.165, 1.54) is 24.1 Å². The Balaban J connectivity index is 1.90. The van der Waals surface area contributed by atoms with Gasteiger partial charge in [0.1, 0.15) is 11.4 Å². The van der Waals surface area contributed by atoms with Gasteiger partial charge in [-0.2, -0.15) is 13.2 Å². The van der Waals surface area contributed by atoms with Gasteiger partial charge in [0.15, 0.2) is 0 Å². The van der Waals surface area contributed by atoms with E-state index in [0.717, 1.165) is 23.0 Å². The summed E-state index contributed by atoms with van der Waals surface area (Å²) in [6, 6.07) is 4.35. The zero-order valence-corrected chi connectivity index (χ0v) is 22.4. The van der Waals surface area contributed by atoms with E-state index < -0.39 is 45.9 Å². The summed E-state index contributed by atoms with van der Waals surface area (Å²) in [6.07, 6.45) is -4.48. The van der Waals surface area contributed by atoms with Crippen molar-refractivity contribution in [3.8, 4) is 0 Å². The van der Waals surface area contributed by atoms with E-state index in [0.29, 0.717) is 0 Å². The van der Waals surface area contributed by atoms with Crippen LogP contribution in [0.4, 0.5) is 28.0 Å². The standard InChI is InChI=1S/C25H24Cl2F4N4O3/c1-23(2,3)38-22(37)35-8-7-24(11-35,18-17(28)6-5-16(26)19(18)27)33-13-9-14-20(15(10-13)25(29,30)31)32-12-34(4)21(14)36/h5-6,9-10,12,33H,7-8,11H2,1-4H3/t24-/m0/s1. The first-order chi connectivity index (χ1) is 17.5. The van der Waals surface area contributed by atoms with Crippen molar-refractivity contribution < 1.29 is 27.1 Å². The van der Waals surface area contributed by atoms with Crippen LogP contribution in [0.1, 0.15) is 38.3 Å². The number of amides is 1. The van der Waals surface area contributed by atoms with Crippen molar-refractivity contribution in [1.82, 2.24) is 14.5 Å². The fourth-order valence-electron chi connectivity index (χ4n) is 4.51. The Morgan fingerprint density at radius 2 is 1.87 bits per heavy atom. The molecule has 0 unspecified atom stereocenters. The number of nitrogens with one attached hydrogen (secondary N) is 1. The van der Waals surface area contributed by atoms with Crippen LogP contribution in [-0.4, -0.2) is 39.2 Å². The quantitative estimate of drug-likeness (QED) is 0.291. The molecule has 1 aliphatic heterocycles. The van der Waals surface area contributed by atoms with Gasteiger partial charge in [0, 0.05) is 24.8 Å². The van der Waals surface area contributed by atoms with Crippen LogP contribution in [0, 0.1) is 5.82 Å². The van der Waals surface area contributed by atoms with Crippen LogP contribution >= 0.6 is 23.2 Å². The Hall–Kier alpha value is -3.05. The van der Waals surface area contributed by atoms with Crippen LogP contribution < -0.4 is 10.9 Å². The molecule has 13 heteroatoms. The number of carbonyl (C=O) groups excluding carboxylic acids is 1. The molecule has 0 spiro atoms. The van der Waals surface area contributed by atoms with Crippen LogP contribution in [0.25, 0.3) is 10.9 Å². The van der Waals surface area contributed by atoms with Crippen LogP contribution in [-0.2, 0) is 23.5 Å². The van der Waals surface area contributed by atoms with Gasteiger partial charge in [-0.15, -0.1) is 0 Å². The minimum atomic E-state index is -4.85. The molecule has 3 aromatic rings. The molecule has 1 N–H and O–H groups in total. The molecule has 1 amide bonds. The predicted molar refractivity (Wildman–Crippen MR) is 136 cm³/mol. The number of halogens is 6. The van der Waals surface area contributed by atoms with Gasteiger partial charge in [0.2, 0.25) is 0 Å². The maximum absolute atomic E-state index is 15.3. The number of rotatable bonds is 3. The van der Waals surface area contributed by atoms with Gasteiger partial charge in [-0.3, -0.25) is 4.79 Å². The van der Waals surface area contributed by atoms with Crippen molar-refractivity contribution in [3.63, 3.8) is 0 Å². The number of alkyl halides is 3. The third-order valence-electron chi connectivity index (χ3n) is 6.15. The molecule has 1 fully saturated rings. The molecule has 2 aromatic carbocycles. The molecule has 0 aliphatic carbocycles. The number of hydrogen-bond donors (Lipinski definition) is 1. The number of ether oxygens (including phenoxy) is 1. The minimum absolute atomic E-state index is 0.0209. The fraction of sp³-hybridized carbons (Fsp3) is 0.400. The first kappa shape index (κ1) is 28.0. The lowest BCUT2D eigenvalue weighted by molar-refractivity contribution is -0.136. The van der Waals surface area contributed by atoms with Crippen LogP contribution in [0.5, 0.6) is 0 Å². The number of fused-ring (bicyclic) bond motifs is 1. The summed E-state index contributed by atoms with van der Waals surface area (Å²) in [7, 11) is 1.36. The first-order valence-electron chi connectivity index (χ1n) is 11.5. The van der Waals surface area contributed by atoms with Crippen molar-refractivity contribution in [2.45, 2.75) is 44.5 Å². The summed E-state index contributed by atoms with van der Waals surface area (Å²) in [5, 5.41) is 2.55. The van der Waals surface area contributed by atoms with E-state index in [-0.39, 0.29) is 46.2 Å². The van der Waals surface area contributed by atoms with Crippen molar-refractivity contribution in [1.29, 1.82) is 0 Å². The number of anilines is 1. The van der Waals surface area contributed by atoms with Crippen LogP contribution in [0.2, 0.25) is 10.0 Å². The van der Waals surface area contributed by atoms with Gasteiger partial charge >= 0.3 is 12.3 Å². The Morgan fingerprint density at radius 1 is 1.18 bits per heavy atom. The second kappa shape index (κ2) is 9.60. The highest BCUT2D eigenvalue weighted by Gasteiger charge is 2.46. The normalized spacial score (nSPS) is 18.2. The average Bonchev–Trinajstić information content (AvgIpc) is 3.22. The summed E-state index contributed by atoms with van der Waals surface area (Å²) >= 11 is 12.6. The number of carbonyl (C=O) groups is 1. The van der Waals surface area contributed by atoms with Gasteiger partial charge in [-0.25, -0.2) is 14.2 Å². The zero-order valence-electron chi connectivity index (χ0n) is 20.8. The third-order valence-corrected chi connectivity index (χ3v) is 6.96. The van der Waals surface area contributed by atoms with E-state index in [1.54, 1.807) is 20.8 Å². The lowest BCUT2D eigenvalue weighted by Crippen LogP contribution is -2.42. The second-order valence-electron chi connectivity index (χ2n) is 10.2. The number of hydrogen-bond acceptors (Lipinski definition) is 5. The van der Waals surface area contributed by atoms with Gasteiger partial charge in [-0.05, 0) is 51.5 Å². The summed E-state index contributed by atoms with van der Waals surface area (Å²) in [6.45, 7) is 4.92. The van der Waals surface area contributed by atoms with Crippen molar-refractivity contribution in [2.24, 2.45) is 7.05 Å². The Kier molecular flexibility index (Phi) is 7.07. The number of likely N-dealkylation sites (tertiary alicyclic amines) is 1. The molecule has 2 heterocycles. The van der Waals surface area contributed by atoms with E-state index in [1.807, 2.05) is 0 Å². The number of benzene rings is 2. The Morgan fingerprint density at radius 3 is 2.50 bits per heavy atom. The van der Waals surface area contributed by atoms with E-state index in [9.17, 15) is 22.8 Å². The van der Waals surface area contributed by atoms with Crippen molar-refractivity contribution in [3.05, 3.63) is 67.9 Å². The molecular formula is C25H24Cl2F4N4O3. The van der Waals surface area contributed by atoms with E-state index in [2.05, 4.69) is 10.3 Å². The van der Waals surface area contributed by atoms with Crippen LogP contribution in [0.3, 0.4) is 0 Å². The molecular weight excluding hydrogens is 551 g/mol. The molecule has 0 radical (unpaired) electrons. The topological polar surface area (TPSA) is 76.5 Å². The highest BCUT2D eigenvalue weighted by molar-refractivity contribution is 6.42. The molecule has 0 bridgehead atoms. The van der Waals surface area contributed by atoms with Gasteiger partial charge < -0.3 is 19.5 Å². The highest BCUT2D eigenvalue weighted by atomic mass is 35.5. The van der Waals surface area contributed by atoms with Gasteiger partial charge in [-0.1, -0.05) is 23.2 Å². The number of nitrogens with zero attached hydrogens (tertiary/aromatic N) is 3. The second-order valence-corrected chi connectivity index (χ2v) is 10.9. The first-order valence-corrected chi connectivity index (χ1v) is 12.2. The maximum Gasteiger partial charge on any atom is 0.418 e. The van der Waals surface area contributed by atoms with Crippen LogP contribution in [0.15, 0.2) is 35.4 Å². The molecule has 4 rings (SSSR count). The fourth-order valence-corrected chi connectivity index (χ4v) is 5.01. The molecule has 1 aliphatic rings. The zero-order chi connectivity index (χ0) is 28.2. The van der Waals surface area contributed by atoms with Crippen molar-refractivity contribution >= 4 is 45.9 Å². The summed E-state index contributed by atoms with van der Waals surface area (Å²) in [5.74, 6) is -0.771. The smallest absolute Gasteiger partial charge is 0.418 e. The summed E-state index contributed by atoms with van der Waals surface area (Å²) < 4.78 is 63.9. The third kappa shape index (κ3) is 5.26. The maximum atomic E-state index is 15.3. The average molecular weight is 575 g/mol. The molecule has 1 aromatic heterocycles. The van der Waals surface area contributed by atoms with Gasteiger partial charge in [0.25, 0.3) is 5.56 Å². The molecule has 38 heavy (non-hydrogen) atoms. The number of aromatic nitrogens is 2. The summed E-state index contributed by atoms with van der Waals surface area (Å²) in [5.41, 5.74) is -4.96. The SMILES string of the molecule is Cn1cnc2c(C(F)(F)F)cc(N[C@@]3(c4c(F)ccc(Cl)c4Cl)CCN(C(=O)OC(C)(C)C)C3)cc2c1=O. The number of aryl methyl sites for hydroxylation is 1. The largest absolute Gasteiger partial charge is 0.444 e. The molecule has 7 nitrogen and oxygen atoms in total. The molecule has 204 valence electrons. The Labute approximate surface area is 225 Å². The monoisotopic (exact) mass is 574 g/mol. The van der Waals surface area contributed by atoms with E-state index in [4.69, 9.17) is 27.9 Å². The highest BCUT2D eigenvalue weighted by Crippen LogP contribution is 2.44.